The normalized spacial score (nSPS) is 20.3. The van der Waals surface area contributed by atoms with Crippen LogP contribution in [0.3, 0.4) is 0 Å². The van der Waals surface area contributed by atoms with Crippen LogP contribution in [0.5, 0.6) is 0 Å². The molecule has 2 saturated heterocycles. The Morgan fingerprint density at radius 2 is 2.00 bits per heavy atom. The molecule has 0 aliphatic carbocycles. The van der Waals surface area contributed by atoms with Crippen LogP contribution in [0.4, 0.5) is 20.4 Å². The lowest BCUT2D eigenvalue weighted by Gasteiger charge is -2.38. The molecule has 39 heavy (non-hydrogen) atoms. The lowest BCUT2D eigenvalue weighted by Crippen LogP contribution is -2.41. The summed E-state index contributed by atoms with van der Waals surface area (Å²) >= 11 is 5.97. The summed E-state index contributed by atoms with van der Waals surface area (Å²) in [6.07, 6.45) is 2.34. The van der Waals surface area contributed by atoms with Crippen LogP contribution >= 0.6 is 11.6 Å². The van der Waals surface area contributed by atoms with Gasteiger partial charge in [0.1, 0.15) is 5.82 Å². The second-order valence-corrected chi connectivity index (χ2v) is 10.8. The highest BCUT2D eigenvalue weighted by Crippen LogP contribution is 2.30. The topological polar surface area (TPSA) is 86.4 Å². The van der Waals surface area contributed by atoms with E-state index >= 15 is 4.39 Å². The highest BCUT2D eigenvalue weighted by Gasteiger charge is 2.29. The number of morpholine rings is 1. The van der Waals surface area contributed by atoms with E-state index < -0.39 is 5.82 Å². The SMILES string of the molecule is Cc1cc(Nc2nc(C[C@@H]3CCN(Cc4cccc(Cl)c4F)[C@H](C)C3)cc(C(=O)N3CCOCC3)c2F)n[nH]1. The highest BCUT2D eigenvalue weighted by molar-refractivity contribution is 6.30. The number of piperidine rings is 1. The summed E-state index contributed by atoms with van der Waals surface area (Å²) in [5, 5.41) is 10.0. The number of nitrogens with one attached hydrogen (secondary N) is 2. The maximum absolute atomic E-state index is 15.6. The van der Waals surface area contributed by atoms with Gasteiger partial charge < -0.3 is 15.0 Å². The molecule has 0 unspecified atom stereocenters. The maximum atomic E-state index is 15.6. The van der Waals surface area contributed by atoms with Crippen LogP contribution in [0, 0.1) is 24.5 Å². The summed E-state index contributed by atoms with van der Waals surface area (Å²) in [6.45, 7) is 6.95. The standard InChI is InChI=1S/C28H33ClF2N6O2/c1-17-12-24(35-34-17)33-27-26(31)22(28(38)36-8-10-39-11-9-36)15-21(32-27)14-19-6-7-37(18(2)13-19)16-20-4-3-5-23(29)25(20)30/h3-5,12,15,18-19H,6-11,13-14,16H2,1-2H3,(H2,32,33,34,35)/t18-,19-/m1/s1. The number of carbonyl (C=O) groups excluding carboxylic acids is 1. The zero-order chi connectivity index (χ0) is 27.5. The minimum Gasteiger partial charge on any atom is -0.378 e. The molecule has 4 heterocycles. The van der Waals surface area contributed by atoms with Crippen molar-refractivity contribution in [2.75, 3.05) is 38.2 Å². The Kier molecular flexibility index (Phi) is 8.44. The van der Waals surface area contributed by atoms with Gasteiger partial charge in [0.05, 0.1) is 23.8 Å². The summed E-state index contributed by atoms with van der Waals surface area (Å²) in [7, 11) is 0. The number of aryl methyl sites for hydroxylation is 1. The minimum absolute atomic E-state index is 0.00132. The fraction of sp³-hybridized carbons (Fsp3) is 0.464. The van der Waals surface area contributed by atoms with E-state index in [1.165, 1.54) is 0 Å². The zero-order valence-corrected chi connectivity index (χ0v) is 22.9. The molecule has 2 atom stereocenters. The second kappa shape index (κ2) is 12.0. The molecule has 0 radical (unpaired) electrons. The van der Waals surface area contributed by atoms with Gasteiger partial charge in [-0.1, -0.05) is 23.7 Å². The number of carbonyl (C=O) groups is 1. The van der Waals surface area contributed by atoms with Gasteiger partial charge in [-0.05, 0) is 57.7 Å². The Bertz CT molecular complexity index is 1330. The number of halogens is 3. The molecule has 2 aromatic heterocycles. The molecule has 2 fully saturated rings. The van der Waals surface area contributed by atoms with E-state index in [0.29, 0.717) is 56.3 Å². The molecule has 2 aliphatic heterocycles. The molecule has 2 aliphatic rings. The average molecular weight is 559 g/mol. The molecule has 2 N–H and O–H groups in total. The Hall–Kier alpha value is -3.08. The van der Waals surface area contributed by atoms with E-state index in [1.807, 2.05) is 6.92 Å². The maximum Gasteiger partial charge on any atom is 0.257 e. The molecule has 0 saturated carbocycles. The van der Waals surface area contributed by atoms with Crippen molar-refractivity contribution >= 4 is 29.1 Å². The molecule has 5 rings (SSSR count). The number of H-pyrrole nitrogens is 1. The van der Waals surface area contributed by atoms with E-state index in [4.69, 9.17) is 16.3 Å². The third kappa shape index (κ3) is 6.40. The Morgan fingerprint density at radius 1 is 1.21 bits per heavy atom. The Morgan fingerprint density at radius 3 is 2.72 bits per heavy atom. The molecule has 0 spiro atoms. The van der Waals surface area contributed by atoms with E-state index in [2.05, 4.69) is 32.3 Å². The van der Waals surface area contributed by atoms with Crippen LogP contribution in [-0.4, -0.2) is 69.8 Å². The quantitative estimate of drug-likeness (QED) is 0.419. The molecule has 0 bridgehead atoms. The zero-order valence-electron chi connectivity index (χ0n) is 22.1. The molecule has 3 aromatic rings. The lowest BCUT2D eigenvalue weighted by molar-refractivity contribution is 0.0299. The minimum atomic E-state index is -0.692. The van der Waals surface area contributed by atoms with Gasteiger partial charge in [0.2, 0.25) is 0 Å². The summed E-state index contributed by atoms with van der Waals surface area (Å²) < 4.78 is 35.4. The predicted octanol–water partition coefficient (Wildman–Crippen LogP) is 5.10. The Labute approximate surface area is 231 Å². The molecular formula is C28H33ClF2N6O2. The first-order valence-corrected chi connectivity index (χ1v) is 13.7. The third-order valence-electron chi connectivity index (χ3n) is 7.52. The van der Waals surface area contributed by atoms with Crippen molar-refractivity contribution in [2.45, 2.75) is 45.7 Å². The monoisotopic (exact) mass is 558 g/mol. The molecular weight excluding hydrogens is 526 g/mol. The van der Waals surface area contributed by atoms with Crippen molar-refractivity contribution in [3.8, 4) is 0 Å². The third-order valence-corrected chi connectivity index (χ3v) is 7.81. The highest BCUT2D eigenvalue weighted by atomic mass is 35.5. The van der Waals surface area contributed by atoms with Crippen LogP contribution in [0.2, 0.25) is 5.02 Å². The van der Waals surface area contributed by atoms with E-state index in [9.17, 15) is 9.18 Å². The number of nitrogens with zero attached hydrogens (tertiary/aromatic N) is 4. The number of aromatic amines is 1. The number of amides is 1. The Balaban J connectivity index is 1.33. The van der Waals surface area contributed by atoms with Gasteiger partial charge in [-0.15, -0.1) is 0 Å². The van der Waals surface area contributed by atoms with Gasteiger partial charge in [-0.2, -0.15) is 5.10 Å². The van der Waals surface area contributed by atoms with Crippen molar-refractivity contribution in [3.63, 3.8) is 0 Å². The van der Waals surface area contributed by atoms with E-state index in [0.717, 1.165) is 25.1 Å². The predicted molar refractivity (Wildman–Crippen MR) is 145 cm³/mol. The fourth-order valence-electron chi connectivity index (χ4n) is 5.39. The van der Waals surface area contributed by atoms with Crippen molar-refractivity contribution < 1.29 is 18.3 Å². The number of rotatable bonds is 7. The second-order valence-electron chi connectivity index (χ2n) is 10.4. The van der Waals surface area contributed by atoms with Gasteiger partial charge in [-0.3, -0.25) is 14.8 Å². The van der Waals surface area contributed by atoms with Gasteiger partial charge in [0.15, 0.2) is 17.5 Å². The van der Waals surface area contributed by atoms with Gasteiger partial charge in [0.25, 0.3) is 5.91 Å². The van der Waals surface area contributed by atoms with Crippen molar-refractivity contribution in [2.24, 2.45) is 5.92 Å². The van der Waals surface area contributed by atoms with E-state index in [-0.39, 0.29) is 40.1 Å². The van der Waals surface area contributed by atoms with E-state index in [1.54, 1.807) is 35.2 Å². The first-order chi connectivity index (χ1) is 18.8. The number of aromatic nitrogens is 3. The number of pyridine rings is 1. The summed E-state index contributed by atoms with van der Waals surface area (Å²) in [6, 6.07) is 8.64. The number of hydrogen-bond acceptors (Lipinski definition) is 6. The number of likely N-dealkylation sites (tertiary alicyclic amines) is 1. The molecule has 1 aromatic carbocycles. The van der Waals surface area contributed by atoms with Crippen molar-refractivity contribution in [3.05, 3.63) is 69.5 Å². The fourth-order valence-corrected chi connectivity index (χ4v) is 5.58. The first kappa shape index (κ1) is 27.5. The number of ether oxygens (including phenoxy) is 1. The van der Waals surface area contributed by atoms with Crippen LogP contribution in [0.1, 0.15) is 47.1 Å². The summed E-state index contributed by atoms with van der Waals surface area (Å²) in [4.78, 5) is 21.7. The van der Waals surface area contributed by atoms with Crippen LogP contribution in [0.15, 0.2) is 30.3 Å². The number of anilines is 2. The van der Waals surface area contributed by atoms with Crippen LogP contribution in [-0.2, 0) is 17.7 Å². The first-order valence-electron chi connectivity index (χ1n) is 13.3. The molecule has 208 valence electrons. The smallest absolute Gasteiger partial charge is 0.257 e. The number of hydrogen-bond donors (Lipinski definition) is 2. The number of benzene rings is 1. The van der Waals surface area contributed by atoms with Crippen LogP contribution < -0.4 is 5.32 Å². The summed E-state index contributed by atoms with van der Waals surface area (Å²) in [5.74, 6) is -0.734. The van der Waals surface area contributed by atoms with Gasteiger partial charge in [-0.25, -0.2) is 13.8 Å². The molecule has 1 amide bonds. The van der Waals surface area contributed by atoms with Crippen molar-refractivity contribution in [1.29, 1.82) is 0 Å². The van der Waals surface area contributed by atoms with Crippen molar-refractivity contribution in [1.82, 2.24) is 25.0 Å². The van der Waals surface area contributed by atoms with Crippen LogP contribution in [0.25, 0.3) is 0 Å². The molecule has 8 nitrogen and oxygen atoms in total. The summed E-state index contributed by atoms with van der Waals surface area (Å²) in [5.41, 5.74) is 2.05. The average Bonchev–Trinajstić information content (AvgIpc) is 3.34. The van der Waals surface area contributed by atoms with Gasteiger partial charge in [0, 0.05) is 48.7 Å². The van der Waals surface area contributed by atoms with Gasteiger partial charge >= 0.3 is 0 Å². The largest absolute Gasteiger partial charge is 0.378 e. The lowest BCUT2D eigenvalue weighted by atomic mass is 9.87. The molecule has 11 heteroatoms.